The Morgan fingerprint density at radius 2 is 1.86 bits per heavy atom. The Kier molecular flexibility index (Phi) is 8.93. The summed E-state index contributed by atoms with van der Waals surface area (Å²) in [7, 11) is -4.66. The fraction of sp³-hybridized carbons (Fsp3) is 0.818. The molecule has 0 saturated carbocycles. The Morgan fingerprint density at radius 1 is 1.27 bits per heavy atom. The van der Waals surface area contributed by atoms with E-state index in [1.54, 1.807) is 0 Å². The second-order valence-electron chi connectivity index (χ2n) is 5.20. The van der Waals surface area contributed by atoms with E-state index in [0.717, 1.165) is 0 Å². The zero-order valence-corrected chi connectivity index (χ0v) is 14.1. The SMILES string of the molecule is CC(C)(COS(=O)(=O)O)C(O)C(=O)NCCC(=O)NCCS. The molecule has 0 aromatic rings. The van der Waals surface area contributed by atoms with E-state index in [0.29, 0.717) is 12.3 Å². The maximum absolute atomic E-state index is 11.7. The number of aliphatic hydroxyl groups excluding tert-OH is 1. The Bertz CT molecular complexity index is 479. The van der Waals surface area contributed by atoms with Crippen molar-refractivity contribution in [2.75, 3.05) is 25.4 Å². The van der Waals surface area contributed by atoms with Gasteiger partial charge in [-0.2, -0.15) is 21.0 Å². The molecule has 0 fully saturated rings. The maximum Gasteiger partial charge on any atom is 0.397 e. The second-order valence-corrected chi connectivity index (χ2v) is 6.73. The molecule has 4 N–H and O–H groups in total. The monoisotopic (exact) mass is 358 g/mol. The zero-order chi connectivity index (χ0) is 17.4. The molecule has 130 valence electrons. The highest BCUT2D eigenvalue weighted by Gasteiger charge is 2.35. The zero-order valence-electron chi connectivity index (χ0n) is 12.4. The van der Waals surface area contributed by atoms with Gasteiger partial charge in [-0.15, -0.1) is 0 Å². The number of rotatable bonds is 10. The first-order valence-electron chi connectivity index (χ1n) is 6.45. The molecule has 22 heavy (non-hydrogen) atoms. The summed E-state index contributed by atoms with van der Waals surface area (Å²) in [5.74, 6) is -0.539. The molecule has 0 bridgehead atoms. The summed E-state index contributed by atoms with van der Waals surface area (Å²) < 4.78 is 33.7. The Morgan fingerprint density at radius 3 is 2.36 bits per heavy atom. The highest BCUT2D eigenvalue weighted by atomic mass is 32.3. The molecule has 1 unspecified atom stereocenters. The van der Waals surface area contributed by atoms with Crippen LogP contribution in [-0.4, -0.2) is 61.4 Å². The minimum absolute atomic E-state index is 0.0174. The summed E-state index contributed by atoms with van der Waals surface area (Å²) in [5, 5.41) is 14.8. The molecule has 0 aromatic carbocycles. The molecule has 1 atom stereocenters. The Hall–Kier alpha value is -0.880. The summed E-state index contributed by atoms with van der Waals surface area (Å²) in [5.41, 5.74) is -1.26. The molecule has 0 aliphatic rings. The van der Waals surface area contributed by atoms with Gasteiger partial charge in [0, 0.05) is 30.7 Å². The van der Waals surface area contributed by atoms with Crippen molar-refractivity contribution >= 4 is 34.8 Å². The summed E-state index contributed by atoms with van der Waals surface area (Å²) in [6.07, 6.45) is -1.54. The van der Waals surface area contributed by atoms with Crippen LogP contribution in [0.3, 0.4) is 0 Å². The fourth-order valence-corrected chi connectivity index (χ4v) is 1.90. The van der Waals surface area contributed by atoms with Gasteiger partial charge in [-0.05, 0) is 0 Å². The first-order valence-corrected chi connectivity index (χ1v) is 8.44. The van der Waals surface area contributed by atoms with Crippen molar-refractivity contribution in [3.8, 4) is 0 Å². The summed E-state index contributed by atoms with van der Waals surface area (Å²) in [4.78, 5) is 23.0. The molecule has 11 heteroatoms. The van der Waals surface area contributed by atoms with E-state index in [2.05, 4.69) is 27.4 Å². The number of carbonyl (C=O) groups is 2. The number of hydrogen-bond acceptors (Lipinski definition) is 7. The lowest BCUT2D eigenvalue weighted by molar-refractivity contribution is -0.136. The van der Waals surface area contributed by atoms with E-state index >= 15 is 0 Å². The van der Waals surface area contributed by atoms with Gasteiger partial charge in [-0.3, -0.25) is 14.1 Å². The third-order valence-electron chi connectivity index (χ3n) is 2.65. The molecular formula is C11H22N2O7S2. The Labute approximate surface area is 135 Å². The molecule has 0 aromatic heterocycles. The summed E-state index contributed by atoms with van der Waals surface area (Å²) in [6, 6.07) is 0. The first-order chi connectivity index (χ1) is 9.99. The molecule has 0 aliphatic carbocycles. The number of aliphatic hydroxyl groups is 1. The van der Waals surface area contributed by atoms with Gasteiger partial charge < -0.3 is 15.7 Å². The number of carbonyl (C=O) groups excluding carboxylic acids is 2. The van der Waals surface area contributed by atoms with E-state index in [1.165, 1.54) is 13.8 Å². The average molecular weight is 358 g/mol. The van der Waals surface area contributed by atoms with Gasteiger partial charge in [0.2, 0.25) is 11.8 Å². The third-order valence-corrected chi connectivity index (χ3v) is 3.29. The molecular weight excluding hydrogens is 336 g/mol. The second kappa shape index (κ2) is 9.30. The smallest absolute Gasteiger partial charge is 0.383 e. The molecule has 0 radical (unpaired) electrons. The molecule has 0 aliphatic heterocycles. The van der Waals surface area contributed by atoms with Crippen molar-refractivity contribution in [2.24, 2.45) is 5.41 Å². The van der Waals surface area contributed by atoms with E-state index in [1.807, 2.05) is 0 Å². The third kappa shape index (κ3) is 9.20. The highest BCUT2D eigenvalue weighted by molar-refractivity contribution is 7.80. The average Bonchev–Trinajstić information content (AvgIpc) is 2.41. The van der Waals surface area contributed by atoms with Crippen LogP contribution in [0.1, 0.15) is 20.3 Å². The van der Waals surface area contributed by atoms with Crippen LogP contribution in [0, 0.1) is 5.41 Å². The van der Waals surface area contributed by atoms with Crippen LogP contribution in [0.15, 0.2) is 0 Å². The van der Waals surface area contributed by atoms with Crippen LogP contribution in [0.2, 0.25) is 0 Å². The molecule has 0 saturated heterocycles. The summed E-state index contributed by atoms with van der Waals surface area (Å²) in [6.45, 7) is 2.63. The van der Waals surface area contributed by atoms with Gasteiger partial charge >= 0.3 is 10.4 Å². The Balaban J connectivity index is 4.26. The number of hydrogen-bond donors (Lipinski definition) is 5. The number of nitrogens with one attached hydrogen (secondary N) is 2. The molecule has 0 rings (SSSR count). The van der Waals surface area contributed by atoms with Gasteiger partial charge in [-0.1, -0.05) is 13.8 Å². The van der Waals surface area contributed by atoms with Gasteiger partial charge in [0.05, 0.1) is 6.61 Å². The van der Waals surface area contributed by atoms with E-state index in [9.17, 15) is 23.1 Å². The van der Waals surface area contributed by atoms with Crippen molar-refractivity contribution in [1.29, 1.82) is 0 Å². The topological polar surface area (TPSA) is 142 Å². The highest BCUT2D eigenvalue weighted by Crippen LogP contribution is 2.22. The van der Waals surface area contributed by atoms with Crippen molar-refractivity contribution in [2.45, 2.75) is 26.4 Å². The summed E-state index contributed by atoms with van der Waals surface area (Å²) >= 11 is 3.93. The normalized spacial score (nSPS) is 13.5. The van der Waals surface area contributed by atoms with E-state index in [-0.39, 0.29) is 18.9 Å². The lowest BCUT2D eigenvalue weighted by atomic mass is 9.87. The van der Waals surface area contributed by atoms with Crippen LogP contribution >= 0.6 is 12.6 Å². The minimum Gasteiger partial charge on any atom is -0.383 e. The molecule has 2 amide bonds. The fourth-order valence-electron chi connectivity index (χ4n) is 1.34. The largest absolute Gasteiger partial charge is 0.397 e. The molecule has 0 heterocycles. The quantitative estimate of drug-likeness (QED) is 0.242. The maximum atomic E-state index is 11.7. The van der Waals surface area contributed by atoms with Crippen molar-refractivity contribution in [3.05, 3.63) is 0 Å². The van der Waals surface area contributed by atoms with Gasteiger partial charge in [-0.25, -0.2) is 4.18 Å². The van der Waals surface area contributed by atoms with Crippen LogP contribution < -0.4 is 10.6 Å². The van der Waals surface area contributed by atoms with Crippen molar-refractivity contribution in [3.63, 3.8) is 0 Å². The predicted octanol–water partition coefficient (Wildman–Crippen LogP) is -1.25. The first kappa shape index (κ1) is 21.1. The number of amides is 2. The minimum atomic E-state index is -4.66. The number of thiol groups is 1. The van der Waals surface area contributed by atoms with Crippen LogP contribution in [0.5, 0.6) is 0 Å². The predicted molar refractivity (Wildman–Crippen MR) is 81.8 cm³/mol. The van der Waals surface area contributed by atoms with Gasteiger partial charge in [0.1, 0.15) is 6.10 Å². The lowest BCUT2D eigenvalue weighted by Gasteiger charge is -2.28. The van der Waals surface area contributed by atoms with Gasteiger partial charge in [0.25, 0.3) is 0 Å². The van der Waals surface area contributed by atoms with Gasteiger partial charge in [0.15, 0.2) is 0 Å². The van der Waals surface area contributed by atoms with Crippen LogP contribution in [0.4, 0.5) is 0 Å². The van der Waals surface area contributed by atoms with Crippen molar-refractivity contribution < 1.29 is 31.8 Å². The van der Waals surface area contributed by atoms with Crippen LogP contribution in [-0.2, 0) is 24.2 Å². The molecule has 0 spiro atoms. The van der Waals surface area contributed by atoms with Crippen molar-refractivity contribution in [1.82, 2.24) is 10.6 Å². The standard InChI is InChI=1S/C11H22N2O7S2/c1-11(2,7-20-22(17,18)19)9(15)10(16)13-4-3-8(14)12-5-6-21/h9,15,21H,3-7H2,1-2H3,(H,12,14)(H,13,16)(H,17,18,19). The molecule has 9 nitrogen and oxygen atoms in total. The van der Waals surface area contributed by atoms with E-state index in [4.69, 9.17) is 4.55 Å². The van der Waals surface area contributed by atoms with E-state index < -0.39 is 34.4 Å². The lowest BCUT2D eigenvalue weighted by Crippen LogP contribution is -2.46. The van der Waals surface area contributed by atoms with Crippen LogP contribution in [0.25, 0.3) is 0 Å².